The number of halogens is 5. The van der Waals surface area contributed by atoms with Crippen molar-refractivity contribution in [2.24, 2.45) is 0 Å². The van der Waals surface area contributed by atoms with Gasteiger partial charge in [0, 0.05) is 0 Å². The summed E-state index contributed by atoms with van der Waals surface area (Å²) in [6, 6.07) is 0. The molecule has 8 heteroatoms. The van der Waals surface area contributed by atoms with Gasteiger partial charge in [0.2, 0.25) is 0 Å². The van der Waals surface area contributed by atoms with Crippen LogP contribution in [0.4, 0.5) is 22.0 Å². The van der Waals surface area contributed by atoms with Crippen LogP contribution >= 0.6 is 5.09 Å². The van der Waals surface area contributed by atoms with Gasteiger partial charge in [-0.1, -0.05) is 0 Å². The fourth-order valence-corrected chi connectivity index (χ4v) is 2.33. The summed E-state index contributed by atoms with van der Waals surface area (Å²) in [6.45, 7) is 0. The van der Waals surface area contributed by atoms with Gasteiger partial charge in [-0.25, -0.2) is 0 Å². The molecule has 0 aromatic heterocycles. The molecule has 62 valence electrons. The first kappa shape index (κ1) is 10.8. The number of alkyl halides is 5. The Bertz CT molecular complexity index is 152. The molecule has 0 aliphatic rings. The molecule has 0 bridgehead atoms. The molecule has 1 unspecified atom stereocenters. The molecule has 0 radical (unpaired) electrons. The van der Waals surface area contributed by atoms with Crippen LogP contribution in [0.2, 0.25) is 0 Å². The Balaban J connectivity index is 4.57. The van der Waals surface area contributed by atoms with Gasteiger partial charge >= 0.3 is 67.6 Å². The van der Waals surface area contributed by atoms with Gasteiger partial charge in [-0.15, -0.1) is 0 Å². The van der Waals surface area contributed by atoms with Crippen molar-refractivity contribution >= 4 is 29.2 Å². The van der Waals surface area contributed by atoms with Crippen molar-refractivity contribution in [3.05, 3.63) is 0 Å². The van der Waals surface area contributed by atoms with Crippen molar-refractivity contribution in [2.45, 2.75) is 11.8 Å². The summed E-state index contributed by atoms with van der Waals surface area (Å²) >= 11 is -0.813. The van der Waals surface area contributed by atoms with Gasteiger partial charge in [-0.2, -0.15) is 0 Å². The zero-order valence-electron chi connectivity index (χ0n) is 4.38. The molecule has 0 amide bonds. The molecule has 0 fully saturated rings. The van der Waals surface area contributed by atoms with E-state index in [-0.39, 0.29) is 0 Å². The second-order valence-corrected chi connectivity index (χ2v) is 8.91. The fraction of sp³-hybridized carbons (Fsp3) is 1.00. The summed E-state index contributed by atoms with van der Waals surface area (Å²) in [7, 11) is 0. The third kappa shape index (κ3) is 2.13. The topological polar surface area (TPSA) is 17.1 Å². The van der Waals surface area contributed by atoms with E-state index in [2.05, 4.69) is 0 Å². The Morgan fingerprint density at radius 1 is 1.10 bits per heavy atom. The monoisotopic (exact) mass is 378 g/mol. The molecule has 0 spiro atoms. The summed E-state index contributed by atoms with van der Waals surface area (Å²) in [6.07, 6.45) is -5.64. The standard InChI is InChI=1S/C2F5OP.Bi.2H/c3-1(4,5)2(6,7)9-8;;;/q;-1;;/p+1. The summed E-state index contributed by atoms with van der Waals surface area (Å²) in [5.41, 5.74) is -4.94. The van der Waals surface area contributed by atoms with Crippen molar-refractivity contribution in [2.75, 3.05) is 0 Å². The van der Waals surface area contributed by atoms with Gasteiger partial charge in [0.15, 0.2) is 0 Å². The van der Waals surface area contributed by atoms with Crippen LogP contribution in [0.1, 0.15) is 0 Å². The van der Waals surface area contributed by atoms with Crippen LogP contribution in [-0.4, -0.2) is 36.0 Å². The molecule has 0 rings (SSSR count). The Morgan fingerprint density at radius 3 is 1.40 bits per heavy atom. The third-order valence-electron chi connectivity index (χ3n) is 0.665. The quantitative estimate of drug-likeness (QED) is 0.382. The van der Waals surface area contributed by atoms with E-state index in [1.54, 1.807) is 0 Å². The van der Waals surface area contributed by atoms with Crippen molar-refractivity contribution in [3.63, 3.8) is 0 Å². The number of rotatable bonds is 1. The summed E-state index contributed by atoms with van der Waals surface area (Å²) in [4.78, 5) is 0. The first-order chi connectivity index (χ1) is 4.19. The van der Waals surface area contributed by atoms with E-state index in [0.717, 1.165) is 0 Å². The maximum atomic E-state index is 11.7. The van der Waals surface area contributed by atoms with Gasteiger partial charge < -0.3 is 0 Å². The zero-order chi connectivity index (χ0) is 8.58. The van der Waals surface area contributed by atoms with Crippen molar-refractivity contribution in [1.82, 2.24) is 0 Å². The minimum atomic E-state index is -5.64. The SMILES string of the molecule is O=[PH]([BiH2])C(F)(F)C(F)(F)F. The Labute approximate surface area is 67.9 Å². The van der Waals surface area contributed by atoms with Gasteiger partial charge in [0.1, 0.15) is 0 Å². The average molecular weight is 378 g/mol. The van der Waals surface area contributed by atoms with Gasteiger partial charge in [0.05, 0.1) is 0 Å². The Kier molecular flexibility index (Phi) is 3.25. The molecular formula is C2H3BiF5OP. The van der Waals surface area contributed by atoms with Crippen LogP contribution in [0, 0.1) is 0 Å². The number of hydrogen-bond acceptors (Lipinski definition) is 1. The van der Waals surface area contributed by atoms with Crippen molar-refractivity contribution < 1.29 is 26.5 Å². The van der Waals surface area contributed by atoms with E-state index < -0.39 is 41.1 Å². The molecule has 0 heterocycles. The molecule has 0 aromatic carbocycles. The van der Waals surface area contributed by atoms with Crippen LogP contribution < -0.4 is 0 Å². The van der Waals surface area contributed by atoms with Gasteiger partial charge in [-0.05, 0) is 0 Å². The van der Waals surface area contributed by atoms with Crippen LogP contribution in [0.25, 0.3) is 0 Å². The predicted molar refractivity (Wildman–Crippen MR) is 28.5 cm³/mol. The van der Waals surface area contributed by atoms with E-state index >= 15 is 0 Å². The summed E-state index contributed by atoms with van der Waals surface area (Å²) in [5, 5.41) is -3.71. The molecule has 1 nitrogen and oxygen atoms in total. The summed E-state index contributed by atoms with van der Waals surface area (Å²) < 4.78 is 66.9. The Morgan fingerprint density at radius 2 is 1.40 bits per heavy atom. The van der Waals surface area contributed by atoms with Crippen LogP contribution in [-0.2, 0) is 4.57 Å². The molecular weight excluding hydrogens is 375 g/mol. The second-order valence-electron chi connectivity index (χ2n) is 1.44. The van der Waals surface area contributed by atoms with E-state index in [0.29, 0.717) is 0 Å². The molecule has 0 saturated heterocycles. The van der Waals surface area contributed by atoms with Crippen molar-refractivity contribution in [3.8, 4) is 0 Å². The van der Waals surface area contributed by atoms with Crippen LogP contribution in [0.15, 0.2) is 0 Å². The summed E-state index contributed by atoms with van der Waals surface area (Å²) in [5.74, 6) is 0. The molecule has 1 atom stereocenters. The molecule has 0 saturated carbocycles. The van der Waals surface area contributed by atoms with E-state index in [1.165, 1.54) is 0 Å². The first-order valence-electron chi connectivity index (χ1n) is 1.94. The molecule has 10 heavy (non-hydrogen) atoms. The van der Waals surface area contributed by atoms with Crippen LogP contribution in [0.5, 0.6) is 0 Å². The van der Waals surface area contributed by atoms with E-state index in [4.69, 9.17) is 0 Å². The normalized spacial score (nSPS) is 17.0. The molecule has 0 N–H and O–H groups in total. The van der Waals surface area contributed by atoms with Crippen LogP contribution in [0.3, 0.4) is 0 Å². The maximum absolute atomic E-state index is 11.7. The minimum absolute atomic E-state index is 0.813. The molecule has 0 aliphatic carbocycles. The molecule has 0 aliphatic heterocycles. The van der Waals surface area contributed by atoms with E-state index in [9.17, 15) is 26.5 Å². The number of hydrogen-bond donors (Lipinski definition) is 0. The van der Waals surface area contributed by atoms with Gasteiger partial charge in [-0.3, -0.25) is 0 Å². The van der Waals surface area contributed by atoms with E-state index in [1.807, 2.05) is 0 Å². The predicted octanol–water partition coefficient (Wildman–Crippen LogP) is 1.25. The average Bonchev–Trinajstić information content (AvgIpc) is 1.62. The molecule has 0 aromatic rings. The Hall–Kier alpha value is 0.763. The zero-order valence-corrected chi connectivity index (χ0v) is 9.86. The fourth-order valence-electron chi connectivity index (χ4n) is 0.140. The van der Waals surface area contributed by atoms with Gasteiger partial charge in [0.25, 0.3) is 0 Å². The third-order valence-corrected chi connectivity index (χ3v) is 5.80. The van der Waals surface area contributed by atoms with Crippen molar-refractivity contribution in [1.29, 1.82) is 0 Å². The second kappa shape index (κ2) is 3.02. The first-order valence-corrected chi connectivity index (χ1v) is 10.2.